The maximum Gasteiger partial charge on any atom is 0.254 e. The highest BCUT2D eigenvalue weighted by Crippen LogP contribution is 2.14. The number of rotatable bonds is 7. The first kappa shape index (κ1) is 19.1. The molecule has 1 amide bonds. The van der Waals surface area contributed by atoms with Gasteiger partial charge < -0.3 is 4.90 Å². The smallest absolute Gasteiger partial charge is 0.254 e. The molecule has 0 fully saturated rings. The summed E-state index contributed by atoms with van der Waals surface area (Å²) in [4.78, 5) is 15.7. The average Bonchev–Trinajstić information content (AvgIpc) is 2.72. The van der Waals surface area contributed by atoms with Crippen LogP contribution in [-0.2, 0) is 23.8 Å². The molecule has 1 atom stereocenters. The molecule has 0 unspecified atom stereocenters. The lowest BCUT2D eigenvalue weighted by atomic mass is 10.1. The van der Waals surface area contributed by atoms with Crippen LogP contribution >= 0.6 is 0 Å². The third kappa shape index (κ3) is 5.38. The van der Waals surface area contributed by atoms with Gasteiger partial charge in [0.15, 0.2) is 0 Å². The van der Waals surface area contributed by atoms with E-state index in [1.54, 1.807) is 30.5 Å². The molecule has 0 heterocycles. The van der Waals surface area contributed by atoms with Crippen molar-refractivity contribution in [3.8, 4) is 0 Å². The molecule has 3 nitrogen and oxygen atoms in total. The molecule has 0 saturated heterocycles. The Hall–Kier alpha value is -2.72. The summed E-state index contributed by atoms with van der Waals surface area (Å²) in [7, 11) is -1.05. The van der Waals surface area contributed by atoms with Crippen LogP contribution in [0.15, 0.2) is 89.8 Å². The van der Waals surface area contributed by atoms with Gasteiger partial charge in [0, 0.05) is 40.6 Å². The Labute approximate surface area is 163 Å². The van der Waals surface area contributed by atoms with Crippen LogP contribution in [0.5, 0.6) is 0 Å². The normalized spacial score (nSPS) is 11.7. The predicted octanol–water partition coefficient (Wildman–Crippen LogP) is 4.31. The summed E-state index contributed by atoms with van der Waals surface area (Å²) in [6.07, 6.45) is 2.44. The van der Waals surface area contributed by atoms with E-state index in [0.717, 1.165) is 16.9 Å². The molecular weight excluding hydrogens is 354 g/mol. The summed E-state index contributed by atoms with van der Waals surface area (Å²) in [6, 6.07) is 27.3. The zero-order valence-corrected chi connectivity index (χ0v) is 16.2. The van der Waals surface area contributed by atoms with Gasteiger partial charge in [-0.05, 0) is 41.8 Å². The maximum absolute atomic E-state index is 13.1. The summed E-state index contributed by atoms with van der Waals surface area (Å²) < 4.78 is 11.6. The third-order valence-electron chi connectivity index (χ3n) is 4.45. The number of benzene rings is 3. The second-order valence-electron chi connectivity index (χ2n) is 6.43. The van der Waals surface area contributed by atoms with Gasteiger partial charge >= 0.3 is 0 Å². The third-order valence-corrected chi connectivity index (χ3v) is 5.39. The highest BCUT2D eigenvalue weighted by Gasteiger charge is 2.16. The Morgan fingerprint density at radius 3 is 1.93 bits per heavy atom. The van der Waals surface area contributed by atoms with Crippen molar-refractivity contribution in [2.45, 2.75) is 17.9 Å². The van der Waals surface area contributed by atoms with E-state index in [2.05, 4.69) is 12.1 Å². The highest BCUT2D eigenvalue weighted by atomic mass is 32.2. The molecule has 3 rings (SSSR count). The number of carbonyl (C=O) groups excluding carboxylic acids is 1. The van der Waals surface area contributed by atoms with Crippen molar-refractivity contribution < 1.29 is 9.00 Å². The van der Waals surface area contributed by atoms with Crippen molar-refractivity contribution in [1.82, 2.24) is 4.90 Å². The van der Waals surface area contributed by atoms with E-state index in [1.165, 1.54) is 5.56 Å². The maximum atomic E-state index is 13.1. The van der Waals surface area contributed by atoms with Crippen LogP contribution in [-0.4, -0.2) is 27.8 Å². The quantitative estimate of drug-likeness (QED) is 0.615. The summed E-state index contributed by atoms with van der Waals surface area (Å²) in [5, 5.41) is 0. The minimum atomic E-state index is -1.05. The molecule has 0 radical (unpaired) electrons. The Bertz CT molecular complexity index is 893. The van der Waals surface area contributed by atoms with Crippen molar-refractivity contribution in [2.75, 3.05) is 12.8 Å². The number of hydrogen-bond acceptors (Lipinski definition) is 2. The lowest BCUT2D eigenvalue weighted by molar-refractivity contribution is 0.0745. The van der Waals surface area contributed by atoms with Crippen molar-refractivity contribution in [3.63, 3.8) is 0 Å². The van der Waals surface area contributed by atoms with Gasteiger partial charge in [-0.3, -0.25) is 9.00 Å². The predicted molar refractivity (Wildman–Crippen MR) is 110 cm³/mol. The van der Waals surface area contributed by atoms with E-state index in [1.807, 2.05) is 53.4 Å². The van der Waals surface area contributed by atoms with Crippen LogP contribution in [0, 0.1) is 0 Å². The average molecular weight is 378 g/mol. The molecule has 0 aliphatic carbocycles. The van der Waals surface area contributed by atoms with Gasteiger partial charge in [0.1, 0.15) is 0 Å². The van der Waals surface area contributed by atoms with E-state index >= 15 is 0 Å². The number of carbonyl (C=O) groups is 1. The van der Waals surface area contributed by atoms with Crippen molar-refractivity contribution in [1.29, 1.82) is 0 Å². The summed E-state index contributed by atoms with van der Waals surface area (Å²) in [5.41, 5.74) is 2.93. The number of amides is 1. The van der Waals surface area contributed by atoms with E-state index in [-0.39, 0.29) is 5.91 Å². The van der Waals surface area contributed by atoms with Crippen LogP contribution in [0.1, 0.15) is 21.5 Å². The molecule has 0 aromatic heterocycles. The minimum Gasteiger partial charge on any atom is -0.334 e. The van der Waals surface area contributed by atoms with E-state index in [0.29, 0.717) is 18.7 Å². The molecule has 0 aliphatic heterocycles. The van der Waals surface area contributed by atoms with Gasteiger partial charge in [0.2, 0.25) is 0 Å². The van der Waals surface area contributed by atoms with Gasteiger partial charge in [0.25, 0.3) is 5.91 Å². The lowest BCUT2D eigenvalue weighted by Gasteiger charge is -2.23. The topological polar surface area (TPSA) is 37.4 Å². The monoisotopic (exact) mass is 377 g/mol. The molecule has 0 bridgehead atoms. The second-order valence-corrected chi connectivity index (χ2v) is 7.81. The van der Waals surface area contributed by atoms with E-state index in [4.69, 9.17) is 0 Å². The summed E-state index contributed by atoms with van der Waals surface area (Å²) in [5.74, 6) is -0.0109. The first-order valence-corrected chi connectivity index (χ1v) is 10.5. The molecule has 3 aromatic rings. The van der Waals surface area contributed by atoms with Gasteiger partial charge in [-0.1, -0.05) is 60.7 Å². The number of hydrogen-bond donors (Lipinski definition) is 0. The second kappa shape index (κ2) is 9.28. The molecule has 0 N–H and O–H groups in total. The standard InChI is InChI=1S/C23H23NO2S/c1-27(26)22-14-12-21(13-15-22)23(25)24(18-20-10-6-3-7-11-20)17-16-19-8-4-2-5-9-19/h2-15H,16-18H2,1H3/t27-/m0/s1. The lowest BCUT2D eigenvalue weighted by Crippen LogP contribution is -2.32. The number of nitrogens with zero attached hydrogens (tertiary/aromatic N) is 1. The molecule has 138 valence electrons. The first-order chi connectivity index (χ1) is 13.1. The highest BCUT2D eigenvalue weighted by molar-refractivity contribution is 7.84. The largest absolute Gasteiger partial charge is 0.334 e. The zero-order valence-electron chi connectivity index (χ0n) is 15.4. The molecule has 3 aromatic carbocycles. The SMILES string of the molecule is C[S@](=O)c1ccc(C(=O)N(CCc2ccccc2)Cc2ccccc2)cc1. The van der Waals surface area contributed by atoms with Crippen molar-refractivity contribution in [2.24, 2.45) is 0 Å². The molecule has 27 heavy (non-hydrogen) atoms. The Balaban J connectivity index is 1.78. The van der Waals surface area contributed by atoms with Crippen molar-refractivity contribution >= 4 is 16.7 Å². The Kier molecular flexibility index (Phi) is 6.55. The Morgan fingerprint density at radius 1 is 0.815 bits per heavy atom. The van der Waals surface area contributed by atoms with Gasteiger partial charge in [-0.25, -0.2) is 0 Å². The molecule has 4 heteroatoms. The fourth-order valence-electron chi connectivity index (χ4n) is 2.94. The van der Waals surface area contributed by atoms with Crippen LogP contribution in [0.3, 0.4) is 0 Å². The van der Waals surface area contributed by atoms with Gasteiger partial charge in [0.05, 0.1) is 0 Å². The minimum absolute atomic E-state index is 0.0109. The molecule has 0 aliphatic rings. The van der Waals surface area contributed by atoms with Crippen molar-refractivity contribution in [3.05, 3.63) is 102 Å². The first-order valence-electron chi connectivity index (χ1n) is 8.94. The summed E-state index contributed by atoms with van der Waals surface area (Å²) in [6.45, 7) is 1.20. The molecular formula is C23H23NO2S. The van der Waals surface area contributed by atoms with Gasteiger partial charge in [-0.15, -0.1) is 0 Å². The fourth-order valence-corrected chi connectivity index (χ4v) is 3.46. The fraction of sp³-hybridized carbons (Fsp3) is 0.174. The van der Waals surface area contributed by atoms with Crippen LogP contribution in [0.25, 0.3) is 0 Å². The van der Waals surface area contributed by atoms with Gasteiger partial charge in [-0.2, -0.15) is 0 Å². The van der Waals surface area contributed by atoms with Crippen LogP contribution in [0.2, 0.25) is 0 Å². The summed E-state index contributed by atoms with van der Waals surface area (Å²) >= 11 is 0. The van der Waals surface area contributed by atoms with Crippen LogP contribution < -0.4 is 0 Å². The van der Waals surface area contributed by atoms with Crippen LogP contribution in [0.4, 0.5) is 0 Å². The van der Waals surface area contributed by atoms with E-state index in [9.17, 15) is 9.00 Å². The molecule has 0 spiro atoms. The Morgan fingerprint density at radius 2 is 1.37 bits per heavy atom. The zero-order chi connectivity index (χ0) is 19.1. The van der Waals surface area contributed by atoms with E-state index < -0.39 is 10.8 Å². The molecule has 0 saturated carbocycles.